The molecule has 2 aromatic rings. The van der Waals surface area contributed by atoms with E-state index in [1.807, 2.05) is 27.0 Å². The first-order valence-electron chi connectivity index (χ1n) is 8.19. The standard InChI is InChI=1S/C17H23N5O2/c1-17(2,3)24-16(23)22-7-4-12(11-22)8-14-15(19-6-5-18-14)13-9-20-21-10-13/h5-6,9-10,12H,4,7-8,11H2,1-3H3,(H,20,21)/t12-/m0/s1. The maximum absolute atomic E-state index is 12.2. The molecule has 0 aliphatic carbocycles. The molecule has 0 aromatic carbocycles. The molecular formula is C17H23N5O2. The fourth-order valence-electron chi connectivity index (χ4n) is 2.90. The van der Waals surface area contributed by atoms with Gasteiger partial charge in [-0.3, -0.25) is 15.1 Å². The molecule has 3 rings (SSSR count). The lowest BCUT2D eigenvalue weighted by Crippen LogP contribution is -2.35. The van der Waals surface area contributed by atoms with E-state index in [9.17, 15) is 4.79 Å². The van der Waals surface area contributed by atoms with E-state index < -0.39 is 5.60 Å². The van der Waals surface area contributed by atoms with Crippen molar-refractivity contribution in [1.82, 2.24) is 25.1 Å². The summed E-state index contributed by atoms with van der Waals surface area (Å²) in [5, 5.41) is 6.78. The zero-order chi connectivity index (χ0) is 17.2. The van der Waals surface area contributed by atoms with Crippen LogP contribution >= 0.6 is 0 Å². The third-order valence-corrected chi connectivity index (χ3v) is 3.97. The summed E-state index contributed by atoms with van der Waals surface area (Å²) in [5.41, 5.74) is 2.26. The monoisotopic (exact) mass is 329 g/mol. The van der Waals surface area contributed by atoms with Gasteiger partial charge in [0.05, 0.1) is 17.6 Å². The minimum Gasteiger partial charge on any atom is -0.444 e. The lowest BCUT2D eigenvalue weighted by Gasteiger charge is -2.24. The number of H-pyrrole nitrogens is 1. The highest BCUT2D eigenvalue weighted by Gasteiger charge is 2.30. The zero-order valence-electron chi connectivity index (χ0n) is 14.3. The van der Waals surface area contributed by atoms with Gasteiger partial charge in [0.15, 0.2) is 0 Å². The zero-order valence-corrected chi connectivity index (χ0v) is 14.3. The van der Waals surface area contributed by atoms with Crippen LogP contribution in [-0.4, -0.2) is 49.8 Å². The van der Waals surface area contributed by atoms with Crippen LogP contribution in [0.15, 0.2) is 24.8 Å². The first-order valence-corrected chi connectivity index (χ1v) is 8.19. The van der Waals surface area contributed by atoms with Gasteiger partial charge in [0.2, 0.25) is 0 Å². The van der Waals surface area contributed by atoms with Crippen molar-refractivity contribution >= 4 is 6.09 Å². The van der Waals surface area contributed by atoms with Crippen molar-refractivity contribution < 1.29 is 9.53 Å². The number of ether oxygens (including phenoxy) is 1. The van der Waals surface area contributed by atoms with Crippen LogP contribution in [0.3, 0.4) is 0 Å². The Labute approximate surface area is 141 Å². The number of hydrogen-bond donors (Lipinski definition) is 1. The summed E-state index contributed by atoms with van der Waals surface area (Å²) < 4.78 is 5.45. The largest absolute Gasteiger partial charge is 0.444 e. The summed E-state index contributed by atoms with van der Waals surface area (Å²) in [5.74, 6) is 0.361. The van der Waals surface area contributed by atoms with Crippen LogP contribution in [-0.2, 0) is 11.2 Å². The van der Waals surface area contributed by atoms with Gasteiger partial charge in [-0.2, -0.15) is 5.10 Å². The SMILES string of the molecule is CC(C)(C)OC(=O)N1CC[C@@H](Cc2nccnc2-c2cn[nH]c2)C1. The van der Waals surface area contributed by atoms with Gasteiger partial charge in [-0.1, -0.05) is 0 Å². The topological polar surface area (TPSA) is 84.0 Å². The molecule has 2 aromatic heterocycles. The van der Waals surface area contributed by atoms with Gasteiger partial charge in [-0.15, -0.1) is 0 Å². The molecule has 0 spiro atoms. The van der Waals surface area contributed by atoms with E-state index in [0.717, 1.165) is 36.3 Å². The second-order valence-electron chi connectivity index (χ2n) is 7.12. The normalized spacial score (nSPS) is 18.0. The minimum atomic E-state index is -0.464. The predicted molar refractivity (Wildman–Crippen MR) is 89.2 cm³/mol. The van der Waals surface area contributed by atoms with Crippen LogP contribution in [0.4, 0.5) is 4.79 Å². The third kappa shape index (κ3) is 3.90. The van der Waals surface area contributed by atoms with E-state index in [4.69, 9.17) is 4.74 Å². The number of aromatic amines is 1. The van der Waals surface area contributed by atoms with E-state index >= 15 is 0 Å². The van der Waals surface area contributed by atoms with Crippen molar-refractivity contribution in [2.24, 2.45) is 5.92 Å². The van der Waals surface area contributed by atoms with Gasteiger partial charge < -0.3 is 9.64 Å². The van der Waals surface area contributed by atoms with Crippen molar-refractivity contribution in [1.29, 1.82) is 0 Å². The van der Waals surface area contributed by atoms with Gasteiger partial charge in [-0.05, 0) is 39.5 Å². The Hall–Kier alpha value is -2.44. The summed E-state index contributed by atoms with van der Waals surface area (Å²) in [6, 6.07) is 0. The Balaban J connectivity index is 1.65. The van der Waals surface area contributed by atoms with Crippen LogP contribution in [0.2, 0.25) is 0 Å². The Morgan fingerprint density at radius 2 is 2.17 bits per heavy atom. The van der Waals surface area contributed by atoms with Gasteiger partial charge in [0, 0.05) is 37.2 Å². The van der Waals surface area contributed by atoms with E-state index in [1.54, 1.807) is 23.5 Å². The highest BCUT2D eigenvalue weighted by Crippen LogP contribution is 2.26. The van der Waals surface area contributed by atoms with Crippen LogP contribution in [0.5, 0.6) is 0 Å². The molecule has 1 aliphatic rings. The van der Waals surface area contributed by atoms with Crippen molar-refractivity contribution in [2.75, 3.05) is 13.1 Å². The van der Waals surface area contributed by atoms with Gasteiger partial charge >= 0.3 is 6.09 Å². The Morgan fingerprint density at radius 1 is 1.38 bits per heavy atom. The molecule has 7 heteroatoms. The average Bonchev–Trinajstić information content (AvgIpc) is 3.17. The molecule has 0 bridgehead atoms. The first-order chi connectivity index (χ1) is 11.4. The fourth-order valence-corrected chi connectivity index (χ4v) is 2.90. The molecule has 1 aliphatic heterocycles. The van der Waals surface area contributed by atoms with Gasteiger partial charge in [0.1, 0.15) is 5.60 Å². The highest BCUT2D eigenvalue weighted by molar-refractivity contribution is 5.68. The summed E-state index contributed by atoms with van der Waals surface area (Å²) in [6.07, 6.45) is 8.45. The molecule has 3 heterocycles. The van der Waals surface area contributed by atoms with Crippen molar-refractivity contribution in [3.05, 3.63) is 30.5 Å². The number of carbonyl (C=O) groups is 1. The smallest absolute Gasteiger partial charge is 0.410 e. The molecule has 1 amide bonds. The number of nitrogens with zero attached hydrogens (tertiary/aromatic N) is 4. The minimum absolute atomic E-state index is 0.237. The number of nitrogens with one attached hydrogen (secondary N) is 1. The Morgan fingerprint density at radius 3 is 2.88 bits per heavy atom. The molecular weight excluding hydrogens is 306 g/mol. The summed E-state index contributed by atoms with van der Waals surface area (Å²) in [7, 11) is 0. The van der Waals surface area contributed by atoms with Crippen LogP contribution < -0.4 is 0 Å². The molecule has 1 saturated heterocycles. The second-order valence-corrected chi connectivity index (χ2v) is 7.12. The summed E-state index contributed by atoms with van der Waals surface area (Å²) in [6.45, 7) is 7.07. The van der Waals surface area contributed by atoms with Crippen LogP contribution in [0.1, 0.15) is 32.9 Å². The number of hydrogen-bond acceptors (Lipinski definition) is 5. The first kappa shape index (κ1) is 16.4. The molecule has 0 radical (unpaired) electrons. The summed E-state index contributed by atoms with van der Waals surface area (Å²) >= 11 is 0. The molecule has 0 unspecified atom stereocenters. The van der Waals surface area contributed by atoms with E-state index in [-0.39, 0.29) is 6.09 Å². The molecule has 0 saturated carbocycles. The average molecular weight is 329 g/mol. The maximum Gasteiger partial charge on any atom is 0.410 e. The molecule has 24 heavy (non-hydrogen) atoms. The van der Waals surface area contributed by atoms with Gasteiger partial charge in [0.25, 0.3) is 0 Å². The molecule has 1 atom stereocenters. The highest BCUT2D eigenvalue weighted by atomic mass is 16.6. The van der Waals surface area contributed by atoms with Gasteiger partial charge in [-0.25, -0.2) is 4.79 Å². The number of aromatic nitrogens is 4. The number of likely N-dealkylation sites (tertiary alicyclic amines) is 1. The third-order valence-electron chi connectivity index (χ3n) is 3.97. The second kappa shape index (κ2) is 6.59. The number of rotatable bonds is 3. The quantitative estimate of drug-likeness (QED) is 0.936. The summed E-state index contributed by atoms with van der Waals surface area (Å²) in [4.78, 5) is 22.9. The fraction of sp³-hybridized carbons (Fsp3) is 0.529. The van der Waals surface area contributed by atoms with Crippen molar-refractivity contribution in [2.45, 2.75) is 39.2 Å². The van der Waals surface area contributed by atoms with Crippen molar-refractivity contribution in [3.8, 4) is 11.3 Å². The van der Waals surface area contributed by atoms with E-state index in [2.05, 4.69) is 20.2 Å². The van der Waals surface area contributed by atoms with Crippen LogP contribution in [0, 0.1) is 5.92 Å². The van der Waals surface area contributed by atoms with E-state index in [1.165, 1.54) is 0 Å². The predicted octanol–water partition coefficient (Wildman–Crippen LogP) is 2.67. The molecule has 128 valence electrons. The molecule has 7 nitrogen and oxygen atoms in total. The number of carbonyl (C=O) groups excluding carboxylic acids is 1. The Kier molecular flexibility index (Phi) is 4.51. The Bertz CT molecular complexity index is 693. The molecule has 1 fully saturated rings. The maximum atomic E-state index is 12.2. The lowest BCUT2D eigenvalue weighted by molar-refractivity contribution is 0.0288. The van der Waals surface area contributed by atoms with Crippen molar-refractivity contribution in [3.63, 3.8) is 0 Å². The lowest BCUT2D eigenvalue weighted by atomic mass is 10.00. The number of amides is 1. The molecule has 1 N–H and O–H groups in total. The van der Waals surface area contributed by atoms with Crippen LogP contribution in [0.25, 0.3) is 11.3 Å². The van der Waals surface area contributed by atoms with E-state index in [0.29, 0.717) is 12.5 Å².